The molecule has 1 heterocycles. The average Bonchev–Trinajstić information content (AvgIpc) is 2.90. The molecule has 2 aromatic rings. The Morgan fingerprint density at radius 1 is 1.25 bits per heavy atom. The van der Waals surface area contributed by atoms with Crippen molar-refractivity contribution in [2.45, 2.75) is 32.5 Å². The molecule has 0 radical (unpaired) electrons. The molecule has 1 N–H and O–H groups in total. The van der Waals surface area contributed by atoms with Crippen LogP contribution in [0, 0.1) is 5.92 Å². The lowest BCUT2D eigenvalue weighted by molar-refractivity contribution is -0.137. The van der Waals surface area contributed by atoms with E-state index in [0.717, 1.165) is 18.0 Å². The monoisotopic (exact) mass is 339 g/mol. The standard InChI is InChI=1S/C17H20F3N3O/c1-11(2)15(16-21-8-9-23(16)3)22-14(24)10-12-4-6-13(7-5-12)17(18,19)20/h4-9,11,15H,10H2,1-3H3,(H,22,24)/t15-/m0/s1. The molecule has 0 saturated heterocycles. The second-order valence-electron chi connectivity index (χ2n) is 6.06. The predicted octanol–water partition coefficient (Wildman–Crippen LogP) is 3.49. The summed E-state index contributed by atoms with van der Waals surface area (Å²) < 4.78 is 39.5. The summed E-state index contributed by atoms with van der Waals surface area (Å²) >= 11 is 0. The number of hydrogen-bond acceptors (Lipinski definition) is 2. The fraction of sp³-hybridized carbons (Fsp3) is 0.412. The zero-order valence-electron chi connectivity index (χ0n) is 13.8. The molecule has 0 spiro atoms. The Labute approximate surface area is 138 Å². The second kappa shape index (κ2) is 7.07. The molecule has 2 rings (SSSR count). The van der Waals surface area contributed by atoms with E-state index in [1.807, 2.05) is 25.5 Å². The SMILES string of the molecule is CC(C)[C@H](NC(=O)Cc1ccc(C(F)(F)F)cc1)c1nccn1C. The summed E-state index contributed by atoms with van der Waals surface area (Å²) in [4.78, 5) is 16.5. The molecule has 1 atom stereocenters. The first-order valence-electron chi connectivity index (χ1n) is 7.61. The molecular weight excluding hydrogens is 319 g/mol. The molecule has 0 saturated carbocycles. The molecule has 0 unspecified atom stereocenters. The molecule has 0 aliphatic carbocycles. The van der Waals surface area contributed by atoms with Crippen LogP contribution in [0.5, 0.6) is 0 Å². The first kappa shape index (κ1) is 18.0. The van der Waals surface area contributed by atoms with E-state index in [1.54, 1.807) is 12.4 Å². The summed E-state index contributed by atoms with van der Waals surface area (Å²) in [5.41, 5.74) is -0.192. The van der Waals surface area contributed by atoms with Gasteiger partial charge in [-0.3, -0.25) is 4.79 Å². The number of alkyl halides is 3. The van der Waals surface area contributed by atoms with E-state index in [9.17, 15) is 18.0 Å². The van der Waals surface area contributed by atoms with E-state index >= 15 is 0 Å². The Kier molecular flexibility index (Phi) is 5.31. The van der Waals surface area contributed by atoms with Crippen molar-refractivity contribution in [3.63, 3.8) is 0 Å². The fourth-order valence-corrected chi connectivity index (χ4v) is 2.43. The third-order valence-corrected chi connectivity index (χ3v) is 3.77. The van der Waals surface area contributed by atoms with E-state index in [-0.39, 0.29) is 24.3 Å². The van der Waals surface area contributed by atoms with Gasteiger partial charge in [-0.1, -0.05) is 26.0 Å². The third kappa shape index (κ3) is 4.37. The van der Waals surface area contributed by atoms with Gasteiger partial charge in [0.25, 0.3) is 0 Å². The van der Waals surface area contributed by atoms with Gasteiger partial charge in [-0.15, -0.1) is 0 Å². The molecule has 0 bridgehead atoms. The van der Waals surface area contributed by atoms with E-state index in [0.29, 0.717) is 5.56 Å². The van der Waals surface area contributed by atoms with Gasteiger partial charge in [-0.25, -0.2) is 4.98 Å². The Hall–Kier alpha value is -2.31. The lowest BCUT2D eigenvalue weighted by Gasteiger charge is -2.22. The fourth-order valence-electron chi connectivity index (χ4n) is 2.43. The number of carbonyl (C=O) groups is 1. The van der Waals surface area contributed by atoms with Crippen LogP contribution < -0.4 is 5.32 Å². The van der Waals surface area contributed by atoms with Crippen molar-refractivity contribution >= 4 is 5.91 Å². The second-order valence-corrected chi connectivity index (χ2v) is 6.06. The molecule has 0 aliphatic heterocycles. The molecule has 130 valence electrons. The number of aryl methyl sites for hydroxylation is 1. The normalized spacial score (nSPS) is 13.1. The molecule has 1 aromatic carbocycles. The number of rotatable bonds is 5. The lowest BCUT2D eigenvalue weighted by atomic mass is 10.0. The average molecular weight is 339 g/mol. The van der Waals surface area contributed by atoms with Crippen LogP contribution >= 0.6 is 0 Å². The van der Waals surface area contributed by atoms with Crippen molar-refractivity contribution < 1.29 is 18.0 Å². The van der Waals surface area contributed by atoms with Crippen LogP contribution in [0.4, 0.5) is 13.2 Å². The van der Waals surface area contributed by atoms with Crippen LogP contribution in [-0.2, 0) is 24.4 Å². The van der Waals surface area contributed by atoms with Crippen LogP contribution in [0.25, 0.3) is 0 Å². The van der Waals surface area contributed by atoms with Gasteiger partial charge in [-0.05, 0) is 23.6 Å². The Morgan fingerprint density at radius 2 is 1.88 bits per heavy atom. The summed E-state index contributed by atoms with van der Waals surface area (Å²) in [5.74, 6) is 0.616. The highest BCUT2D eigenvalue weighted by atomic mass is 19.4. The predicted molar refractivity (Wildman–Crippen MR) is 84.1 cm³/mol. The number of halogens is 3. The zero-order valence-corrected chi connectivity index (χ0v) is 13.8. The molecular formula is C17H20F3N3O. The lowest BCUT2D eigenvalue weighted by Crippen LogP contribution is -2.34. The first-order valence-corrected chi connectivity index (χ1v) is 7.61. The number of imidazole rings is 1. The minimum absolute atomic E-state index is 0.0196. The Bertz CT molecular complexity index is 690. The van der Waals surface area contributed by atoms with Crippen molar-refractivity contribution in [3.8, 4) is 0 Å². The van der Waals surface area contributed by atoms with Crippen LogP contribution in [-0.4, -0.2) is 15.5 Å². The topological polar surface area (TPSA) is 46.9 Å². The number of nitrogens with one attached hydrogen (secondary N) is 1. The van der Waals surface area contributed by atoms with Crippen LogP contribution in [0.1, 0.15) is 36.8 Å². The van der Waals surface area contributed by atoms with Crippen molar-refractivity contribution in [1.29, 1.82) is 0 Å². The van der Waals surface area contributed by atoms with Gasteiger partial charge in [0.05, 0.1) is 18.0 Å². The molecule has 24 heavy (non-hydrogen) atoms. The summed E-state index contributed by atoms with van der Waals surface area (Å²) in [6, 6.07) is 4.37. The smallest absolute Gasteiger partial charge is 0.346 e. The van der Waals surface area contributed by atoms with Crippen molar-refractivity contribution in [2.75, 3.05) is 0 Å². The van der Waals surface area contributed by atoms with E-state index in [1.165, 1.54) is 12.1 Å². The maximum atomic E-state index is 12.5. The van der Waals surface area contributed by atoms with Crippen molar-refractivity contribution in [2.24, 2.45) is 13.0 Å². The van der Waals surface area contributed by atoms with Crippen LogP contribution in [0.15, 0.2) is 36.7 Å². The van der Waals surface area contributed by atoms with E-state index in [4.69, 9.17) is 0 Å². The number of benzene rings is 1. The quantitative estimate of drug-likeness (QED) is 0.906. The van der Waals surface area contributed by atoms with Gasteiger partial charge in [0, 0.05) is 19.4 Å². The Morgan fingerprint density at radius 3 is 2.33 bits per heavy atom. The van der Waals surface area contributed by atoms with Gasteiger partial charge in [0.2, 0.25) is 5.91 Å². The highest BCUT2D eigenvalue weighted by Gasteiger charge is 2.30. The van der Waals surface area contributed by atoms with Gasteiger partial charge < -0.3 is 9.88 Å². The highest BCUT2D eigenvalue weighted by molar-refractivity contribution is 5.79. The number of hydrogen-bond donors (Lipinski definition) is 1. The molecule has 4 nitrogen and oxygen atoms in total. The van der Waals surface area contributed by atoms with Gasteiger partial charge >= 0.3 is 6.18 Å². The van der Waals surface area contributed by atoms with Gasteiger partial charge in [0.1, 0.15) is 5.82 Å². The minimum atomic E-state index is -4.37. The zero-order chi connectivity index (χ0) is 17.9. The number of nitrogens with zero attached hydrogens (tertiary/aromatic N) is 2. The minimum Gasteiger partial charge on any atom is -0.346 e. The van der Waals surface area contributed by atoms with Crippen molar-refractivity contribution in [1.82, 2.24) is 14.9 Å². The third-order valence-electron chi connectivity index (χ3n) is 3.77. The number of amides is 1. The summed E-state index contributed by atoms with van der Waals surface area (Å²) in [6.07, 6.45) is -0.896. The van der Waals surface area contributed by atoms with Gasteiger partial charge in [-0.2, -0.15) is 13.2 Å². The summed E-state index contributed by atoms with van der Waals surface area (Å²) in [7, 11) is 1.85. The largest absolute Gasteiger partial charge is 0.416 e. The Balaban J connectivity index is 2.05. The van der Waals surface area contributed by atoms with Crippen LogP contribution in [0.3, 0.4) is 0 Å². The maximum absolute atomic E-state index is 12.5. The van der Waals surface area contributed by atoms with E-state index in [2.05, 4.69) is 10.3 Å². The maximum Gasteiger partial charge on any atom is 0.416 e. The highest BCUT2D eigenvalue weighted by Crippen LogP contribution is 2.29. The number of aromatic nitrogens is 2. The number of carbonyl (C=O) groups excluding carboxylic acids is 1. The summed E-state index contributed by atoms with van der Waals surface area (Å²) in [6.45, 7) is 3.94. The van der Waals surface area contributed by atoms with Gasteiger partial charge in [0.15, 0.2) is 0 Å². The first-order chi connectivity index (χ1) is 11.2. The molecule has 7 heteroatoms. The van der Waals surface area contributed by atoms with Crippen molar-refractivity contribution in [3.05, 3.63) is 53.6 Å². The van der Waals surface area contributed by atoms with Crippen LogP contribution in [0.2, 0.25) is 0 Å². The molecule has 1 amide bonds. The van der Waals surface area contributed by atoms with E-state index < -0.39 is 11.7 Å². The molecule has 0 fully saturated rings. The molecule has 1 aromatic heterocycles. The molecule has 0 aliphatic rings. The summed E-state index contributed by atoms with van der Waals surface area (Å²) in [5, 5.41) is 2.91.